The first-order valence-electron chi connectivity index (χ1n) is 12.1. The molecule has 7 nitrogen and oxygen atoms in total. The van der Waals surface area contributed by atoms with Gasteiger partial charge in [-0.25, -0.2) is 8.42 Å². The molecule has 0 heterocycles. The fraction of sp³-hybridized carbons (Fsp3) is 0.462. The van der Waals surface area contributed by atoms with Crippen molar-refractivity contribution in [3.8, 4) is 0 Å². The molecule has 0 saturated carbocycles. The maximum atomic E-state index is 13.5. The first-order valence-corrected chi connectivity index (χ1v) is 15.1. The zero-order valence-electron chi connectivity index (χ0n) is 21.6. The molecule has 2 amide bonds. The molecule has 0 radical (unpaired) electrons. The monoisotopic (exact) mass is 589 g/mol. The number of carbonyl (C=O) groups is 2. The van der Waals surface area contributed by atoms with Crippen molar-refractivity contribution in [2.45, 2.75) is 59.0 Å². The molecule has 0 bridgehead atoms. The van der Waals surface area contributed by atoms with Crippen LogP contribution in [0.25, 0.3) is 0 Å². The van der Waals surface area contributed by atoms with Gasteiger partial charge in [0.15, 0.2) is 0 Å². The molecule has 1 atom stereocenters. The normalized spacial score (nSPS) is 12.2. The number of anilines is 1. The Labute approximate surface area is 235 Å². The van der Waals surface area contributed by atoms with E-state index in [9.17, 15) is 18.0 Å². The van der Waals surface area contributed by atoms with E-state index in [1.165, 1.54) is 9.21 Å². The molecule has 2 aromatic carbocycles. The first-order chi connectivity index (χ1) is 17.4. The lowest BCUT2D eigenvalue weighted by atomic mass is 10.1. The highest BCUT2D eigenvalue weighted by Crippen LogP contribution is 2.29. The Balaban J connectivity index is 2.29. The molecule has 204 valence electrons. The third kappa shape index (κ3) is 8.50. The molecule has 0 aliphatic rings. The summed E-state index contributed by atoms with van der Waals surface area (Å²) in [6.07, 6.45) is 2.52. The van der Waals surface area contributed by atoms with Crippen molar-refractivity contribution < 1.29 is 18.0 Å². The summed E-state index contributed by atoms with van der Waals surface area (Å²) >= 11 is 19.0. The highest BCUT2D eigenvalue weighted by Gasteiger charge is 2.30. The van der Waals surface area contributed by atoms with E-state index in [4.69, 9.17) is 34.8 Å². The number of hydrogen-bond acceptors (Lipinski definition) is 4. The second-order valence-corrected chi connectivity index (χ2v) is 11.9. The fourth-order valence-electron chi connectivity index (χ4n) is 3.99. The van der Waals surface area contributed by atoms with Crippen molar-refractivity contribution in [1.82, 2.24) is 10.2 Å². The molecule has 2 rings (SSSR count). The van der Waals surface area contributed by atoms with Crippen molar-refractivity contribution in [2.24, 2.45) is 0 Å². The molecule has 37 heavy (non-hydrogen) atoms. The van der Waals surface area contributed by atoms with E-state index in [0.29, 0.717) is 44.8 Å². The summed E-state index contributed by atoms with van der Waals surface area (Å²) in [5, 5.41) is 4.11. The van der Waals surface area contributed by atoms with Crippen LogP contribution in [0.1, 0.15) is 50.7 Å². The minimum absolute atomic E-state index is 0.0191. The smallest absolute Gasteiger partial charge is 0.242 e. The minimum Gasteiger partial charge on any atom is -0.354 e. The molecule has 0 unspecified atom stereocenters. The highest BCUT2D eigenvalue weighted by atomic mass is 35.5. The van der Waals surface area contributed by atoms with E-state index in [1.807, 2.05) is 13.8 Å². The van der Waals surface area contributed by atoms with Crippen molar-refractivity contribution in [1.29, 1.82) is 0 Å². The standard InChI is InChI=1S/C26H34Cl3N3O4S/c1-5-15-30-26(34)23(6-2)31(17-19-21(28)11-7-12-22(19)29)25(33)14-9-16-32(37(4,35)36)24-13-8-10-20(27)18(24)3/h7-8,10-13,23H,5-6,9,14-17H2,1-4H3,(H,30,34)/t23-/m1/s1. The van der Waals surface area contributed by atoms with Gasteiger partial charge in [0.2, 0.25) is 21.8 Å². The summed E-state index contributed by atoms with van der Waals surface area (Å²) in [7, 11) is -3.63. The van der Waals surface area contributed by atoms with Crippen LogP contribution in [-0.4, -0.2) is 50.5 Å². The molecule has 0 aliphatic heterocycles. The van der Waals surface area contributed by atoms with Crippen molar-refractivity contribution in [2.75, 3.05) is 23.7 Å². The predicted molar refractivity (Wildman–Crippen MR) is 152 cm³/mol. The van der Waals surface area contributed by atoms with Crippen LogP contribution in [0.3, 0.4) is 0 Å². The summed E-state index contributed by atoms with van der Waals surface area (Å²) in [5.41, 5.74) is 1.65. The number of nitrogens with one attached hydrogen (secondary N) is 1. The average molecular weight is 591 g/mol. The average Bonchev–Trinajstić information content (AvgIpc) is 2.83. The number of nitrogens with zero attached hydrogens (tertiary/aromatic N) is 2. The summed E-state index contributed by atoms with van der Waals surface area (Å²) in [5.74, 6) is -0.557. The number of carbonyl (C=O) groups excluding carboxylic acids is 2. The van der Waals surface area contributed by atoms with Gasteiger partial charge in [-0.1, -0.05) is 60.8 Å². The van der Waals surface area contributed by atoms with Gasteiger partial charge in [0.05, 0.1) is 11.9 Å². The Morgan fingerprint density at radius 2 is 1.59 bits per heavy atom. The molecule has 0 spiro atoms. The topological polar surface area (TPSA) is 86.8 Å². The minimum atomic E-state index is -3.63. The molecule has 11 heteroatoms. The third-order valence-corrected chi connectivity index (χ3v) is 8.28. The Kier molecular flexibility index (Phi) is 12.0. The number of halogens is 3. The maximum Gasteiger partial charge on any atom is 0.242 e. The second kappa shape index (κ2) is 14.2. The van der Waals surface area contributed by atoms with E-state index >= 15 is 0 Å². The Morgan fingerprint density at radius 1 is 1.00 bits per heavy atom. The highest BCUT2D eigenvalue weighted by molar-refractivity contribution is 7.92. The quantitative estimate of drug-likeness (QED) is 0.318. The van der Waals surface area contributed by atoms with Crippen LogP contribution in [-0.2, 0) is 26.2 Å². The van der Waals surface area contributed by atoms with Gasteiger partial charge in [-0.15, -0.1) is 0 Å². The van der Waals surface area contributed by atoms with Gasteiger partial charge >= 0.3 is 0 Å². The Morgan fingerprint density at radius 3 is 2.16 bits per heavy atom. The van der Waals surface area contributed by atoms with Gasteiger partial charge in [0, 0.05) is 46.7 Å². The number of sulfonamides is 1. The molecular formula is C26H34Cl3N3O4S. The fourth-order valence-corrected chi connectivity index (χ4v) is 5.69. The zero-order valence-corrected chi connectivity index (χ0v) is 24.6. The number of benzene rings is 2. The summed E-state index contributed by atoms with van der Waals surface area (Å²) in [4.78, 5) is 27.9. The second-order valence-electron chi connectivity index (χ2n) is 8.76. The SMILES string of the molecule is CCCNC(=O)[C@@H](CC)N(Cc1c(Cl)cccc1Cl)C(=O)CCCN(c1cccc(Cl)c1C)S(C)(=O)=O. The van der Waals surface area contributed by atoms with Gasteiger partial charge in [-0.2, -0.15) is 0 Å². The zero-order chi connectivity index (χ0) is 27.8. The number of amides is 2. The maximum absolute atomic E-state index is 13.5. The number of rotatable bonds is 13. The molecule has 0 fully saturated rings. The van der Waals surface area contributed by atoms with Gasteiger partial charge in [0.1, 0.15) is 6.04 Å². The lowest BCUT2D eigenvalue weighted by molar-refractivity contribution is -0.141. The summed E-state index contributed by atoms with van der Waals surface area (Å²) in [6.45, 7) is 6.15. The predicted octanol–water partition coefficient (Wildman–Crippen LogP) is 5.84. The Hall–Kier alpha value is -2.00. The number of hydrogen-bond donors (Lipinski definition) is 1. The van der Waals surface area contributed by atoms with Gasteiger partial charge in [0.25, 0.3) is 0 Å². The summed E-state index contributed by atoms with van der Waals surface area (Å²) < 4.78 is 26.4. The molecule has 0 saturated heterocycles. The third-order valence-electron chi connectivity index (χ3n) is 5.99. The molecule has 0 aliphatic carbocycles. The van der Waals surface area contributed by atoms with Crippen LogP contribution in [0.15, 0.2) is 36.4 Å². The van der Waals surface area contributed by atoms with Gasteiger partial charge < -0.3 is 10.2 Å². The van der Waals surface area contributed by atoms with Crippen LogP contribution >= 0.6 is 34.8 Å². The van der Waals surface area contributed by atoms with E-state index < -0.39 is 16.1 Å². The lowest BCUT2D eigenvalue weighted by Gasteiger charge is -2.31. The molecule has 1 N–H and O–H groups in total. The lowest BCUT2D eigenvalue weighted by Crippen LogP contribution is -2.49. The Bertz CT molecular complexity index is 1190. The van der Waals surface area contributed by atoms with E-state index in [1.54, 1.807) is 43.3 Å². The molecule has 2 aromatic rings. The first kappa shape index (κ1) is 31.2. The van der Waals surface area contributed by atoms with Crippen molar-refractivity contribution >= 4 is 62.3 Å². The van der Waals surface area contributed by atoms with Crippen molar-refractivity contribution in [3.05, 3.63) is 62.6 Å². The molecule has 0 aromatic heterocycles. The van der Waals surface area contributed by atoms with Crippen LogP contribution in [0.5, 0.6) is 0 Å². The van der Waals surface area contributed by atoms with E-state index in [-0.39, 0.29) is 37.7 Å². The van der Waals surface area contributed by atoms with Crippen LogP contribution in [0, 0.1) is 6.92 Å². The molecular weight excluding hydrogens is 557 g/mol. The van der Waals surface area contributed by atoms with Crippen LogP contribution in [0.2, 0.25) is 15.1 Å². The van der Waals surface area contributed by atoms with Crippen LogP contribution < -0.4 is 9.62 Å². The van der Waals surface area contributed by atoms with Crippen LogP contribution in [0.4, 0.5) is 5.69 Å². The van der Waals surface area contributed by atoms with Gasteiger partial charge in [-0.05, 0) is 56.0 Å². The van der Waals surface area contributed by atoms with Gasteiger partial charge in [-0.3, -0.25) is 13.9 Å². The largest absolute Gasteiger partial charge is 0.354 e. The summed E-state index contributed by atoms with van der Waals surface area (Å²) in [6, 6.07) is 9.40. The van der Waals surface area contributed by atoms with E-state index in [2.05, 4.69) is 5.32 Å². The van der Waals surface area contributed by atoms with E-state index in [0.717, 1.165) is 12.7 Å². The van der Waals surface area contributed by atoms with Crippen molar-refractivity contribution in [3.63, 3.8) is 0 Å².